The number of rotatable bonds is 2. The van der Waals surface area contributed by atoms with Crippen LogP contribution in [0.25, 0.3) is 0 Å². The fourth-order valence-electron chi connectivity index (χ4n) is 1.33. The SMILES string of the molecule is CC1(C)CC(C(C)(O)C(=O)O)OC1=O. The summed E-state index contributed by atoms with van der Waals surface area (Å²) in [7, 11) is 0. The van der Waals surface area contributed by atoms with Crippen LogP contribution in [0.3, 0.4) is 0 Å². The van der Waals surface area contributed by atoms with Crippen LogP contribution in [0.2, 0.25) is 0 Å². The number of aliphatic hydroxyl groups is 1. The number of esters is 1. The predicted molar refractivity (Wildman–Crippen MR) is 46.5 cm³/mol. The third-order valence-electron chi connectivity index (χ3n) is 2.56. The number of carboxylic acid groups (broad SMARTS) is 1. The molecular formula is C9H14O5. The lowest BCUT2D eigenvalue weighted by Crippen LogP contribution is -2.46. The molecule has 2 unspecified atom stereocenters. The maximum absolute atomic E-state index is 11.2. The highest BCUT2D eigenvalue weighted by Crippen LogP contribution is 2.37. The minimum Gasteiger partial charge on any atom is -0.479 e. The zero-order valence-corrected chi connectivity index (χ0v) is 8.40. The van der Waals surface area contributed by atoms with E-state index in [0.29, 0.717) is 0 Å². The highest BCUT2D eigenvalue weighted by Gasteiger charge is 2.52. The second-order valence-electron chi connectivity index (χ2n) is 4.43. The van der Waals surface area contributed by atoms with Crippen molar-refractivity contribution in [3.8, 4) is 0 Å². The Morgan fingerprint density at radius 2 is 2.14 bits per heavy atom. The lowest BCUT2D eigenvalue weighted by atomic mass is 9.85. The van der Waals surface area contributed by atoms with Gasteiger partial charge in [0.25, 0.3) is 0 Å². The summed E-state index contributed by atoms with van der Waals surface area (Å²) in [4.78, 5) is 21.9. The molecular weight excluding hydrogens is 188 g/mol. The van der Waals surface area contributed by atoms with Gasteiger partial charge in [-0.05, 0) is 20.8 Å². The van der Waals surface area contributed by atoms with Crippen LogP contribution >= 0.6 is 0 Å². The molecule has 0 aromatic heterocycles. The first-order valence-corrected chi connectivity index (χ1v) is 4.35. The molecule has 5 nitrogen and oxygen atoms in total. The molecule has 1 fully saturated rings. The smallest absolute Gasteiger partial charge is 0.339 e. The van der Waals surface area contributed by atoms with Crippen molar-refractivity contribution in [3.05, 3.63) is 0 Å². The number of carboxylic acids is 1. The first kappa shape index (κ1) is 11.0. The summed E-state index contributed by atoms with van der Waals surface area (Å²) in [5.74, 6) is -1.85. The second kappa shape index (κ2) is 2.95. The molecule has 2 N–H and O–H groups in total. The van der Waals surface area contributed by atoms with Crippen molar-refractivity contribution in [3.63, 3.8) is 0 Å². The Morgan fingerprint density at radius 3 is 2.43 bits per heavy atom. The Kier molecular flexibility index (Phi) is 2.31. The van der Waals surface area contributed by atoms with Crippen LogP contribution in [0, 0.1) is 5.41 Å². The van der Waals surface area contributed by atoms with Gasteiger partial charge in [0, 0.05) is 6.42 Å². The summed E-state index contributed by atoms with van der Waals surface area (Å²) in [5, 5.41) is 18.3. The van der Waals surface area contributed by atoms with E-state index >= 15 is 0 Å². The van der Waals surface area contributed by atoms with Crippen LogP contribution in [-0.2, 0) is 14.3 Å². The van der Waals surface area contributed by atoms with E-state index in [0.717, 1.165) is 6.92 Å². The summed E-state index contributed by atoms with van der Waals surface area (Å²) in [5.41, 5.74) is -2.73. The number of hydrogen-bond acceptors (Lipinski definition) is 4. The van der Waals surface area contributed by atoms with Gasteiger partial charge in [-0.3, -0.25) is 4.79 Å². The van der Waals surface area contributed by atoms with Crippen LogP contribution in [0.1, 0.15) is 27.2 Å². The van der Waals surface area contributed by atoms with Gasteiger partial charge in [-0.25, -0.2) is 4.79 Å². The van der Waals surface area contributed by atoms with Gasteiger partial charge in [0.2, 0.25) is 0 Å². The summed E-state index contributed by atoms with van der Waals surface area (Å²) < 4.78 is 4.83. The number of cyclic esters (lactones) is 1. The third-order valence-corrected chi connectivity index (χ3v) is 2.56. The largest absolute Gasteiger partial charge is 0.479 e. The zero-order valence-electron chi connectivity index (χ0n) is 8.40. The molecule has 0 aromatic rings. The topological polar surface area (TPSA) is 83.8 Å². The monoisotopic (exact) mass is 202 g/mol. The maximum atomic E-state index is 11.2. The van der Waals surface area contributed by atoms with Crippen molar-refractivity contribution in [1.29, 1.82) is 0 Å². The number of hydrogen-bond donors (Lipinski definition) is 2. The van der Waals surface area contributed by atoms with E-state index in [1.807, 2.05) is 0 Å². The first-order chi connectivity index (χ1) is 6.18. The molecule has 14 heavy (non-hydrogen) atoms. The van der Waals surface area contributed by atoms with Crippen LogP contribution in [0.5, 0.6) is 0 Å². The average Bonchev–Trinajstić information content (AvgIpc) is 2.27. The highest BCUT2D eigenvalue weighted by atomic mass is 16.6. The Balaban J connectivity index is 2.86. The standard InChI is InChI=1S/C9H14O5/c1-8(2)4-5(14-7(8)12)9(3,13)6(10)11/h5,13H,4H2,1-3H3,(H,10,11). The predicted octanol–water partition coefficient (Wildman–Crippen LogP) is 0.164. The number of ether oxygens (including phenoxy) is 1. The fraction of sp³-hybridized carbons (Fsp3) is 0.778. The number of carbonyl (C=O) groups is 2. The number of aliphatic carboxylic acids is 1. The average molecular weight is 202 g/mol. The Bertz CT molecular complexity index is 279. The minimum atomic E-state index is -2.01. The van der Waals surface area contributed by atoms with Crippen molar-refractivity contribution in [2.75, 3.05) is 0 Å². The lowest BCUT2D eigenvalue weighted by Gasteiger charge is -2.23. The minimum absolute atomic E-state index is 0.213. The van der Waals surface area contributed by atoms with Crippen LogP contribution in [0.4, 0.5) is 0 Å². The molecule has 1 aliphatic rings. The normalized spacial score (nSPS) is 29.4. The molecule has 80 valence electrons. The Labute approximate surface area is 81.7 Å². The van der Waals surface area contributed by atoms with Crippen LogP contribution in [-0.4, -0.2) is 33.9 Å². The van der Waals surface area contributed by atoms with E-state index in [-0.39, 0.29) is 6.42 Å². The maximum Gasteiger partial charge on any atom is 0.339 e. The molecule has 0 amide bonds. The summed E-state index contributed by atoms with van der Waals surface area (Å²) in [6, 6.07) is 0. The van der Waals surface area contributed by atoms with Gasteiger partial charge in [-0.1, -0.05) is 0 Å². The van der Waals surface area contributed by atoms with Gasteiger partial charge in [-0.2, -0.15) is 0 Å². The van der Waals surface area contributed by atoms with Crippen LogP contribution < -0.4 is 0 Å². The molecule has 5 heteroatoms. The fourth-order valence-corrected chi connectivity index (χ4v) is 1.33. The molecule has 1 aliphatic heterocycles. The second-order valence-corrected chi connectivity index (χ2v) is 4.43. The van der Waals surface area contributed by atoms with Crippen LogP contribution in [0.15, 0.2) is 0 Å². The van der Waals surface area contributed by atoms with Crippen molar-refractivity contribution < 1.29 is 24.5 Å². The van der Waals surface area contributed by atoms with Gasteiger partial charge in [0.1, 0.15) is 6.10 Å². The molecule has 0 radical (unpaired) electrons. The van der Waals surface area contributed by atoms with E-state index in [2.05, 4.69) is 0 Å². The highest BCUT2D eigenvalue weighted by molar-refractivity contribution is 5.82. The lowest BCUT2D eigenvalue weighted by molar-refractivity contribution is -0.173. The number of carbonyl (C=O) groups excluding carboxylic acids is 1. The first-order valence-electron chi connectivity index (χ1n) is 4.35. The summed E-state index contributed by atoms with van der Waals surface area (Å²) in [6.45, 7) is 4.45. The third kappa shape index (κ3) is 1.59. The van der Waals surface area contributed by atoms with E-state index in [1.165, 1.54) is 0 Å². The van der Waals surface area contributed by atoms with Gasteiger partial charge >= 0.3 is 11.9 Å². The molecule has 0 bridgehead atoms. The molecule has 0 aromatic carbocycles. The molecule has 1 saturated heterocycles. The Morgan fingerprint density at radius 1 is 1.64 bits per heavy atom. The van der Waals surface area contributed by atoms with Crippen molar-refractivity contribution >= 4 is 11.9 Å². The van der Waals surface area contributed by atoms with Gasteiger partial charge in [0.15, 0.2) is 5.60 Å². The van der Waals surface area contributed by atoms with Crippen molar-refractivity contribution in [2.24, 2.45) is 5.41 Å². The van der Waals surface area contributed by atoms with E-state index < -0.39 is 29.1 Å². The summed E-state index contributed by atoms with van der Waals surface area (Å²) >= 11 is 0. The zero-order chi connectivity index (χ0) is 11.1. The molecule has 0 aliphatic carbocycles. The van der Waals surface area contributed by atoms with Crippen molar-refractivity contribution in [1.82, 2.24) is 0 Å². The van der Waals surface area contributed by atoms with Gasteiger partial charge in [-0.15, -0.1) is 0 Å². The quantitative estimate of drug-likeness (QED) is 0.623. The molecule has 1 heterocycles. The van der Waals surface area contributed by atoms with Crippen molar-refractivity contribution in [2.45, 2.75) is 38.9 Å². The molecule has 0 saturated carbocycles. The summed E-state index contributed by atoms with van der Waals surface area (Å²) in [6.07, 6.45) is -0.756. The van der Waals surface area contributed by atoms with Gasteiger partial charge < -0.3 is 14.9 Å². The molecule has 2 atom stereocenters. The van der Waals surface area contributed by atoms with E-state index in [9.17, 15) is 14.7 Å². The molecule has 0 spiro atoms. The Hall–Kier alpha value is -1.10. The molecule has 1 rings (SSSR count). The van der Waals surface area contributed by atoms with E-state index in [4.69, 9.17) is 9.84 Å². The van der Waals surface area contributed by atoms with E-state index in [1.54, 1.807) is 13.8 Å². The van der Waals surface area contributed by atoms with Gasteiger partial charge in [0.05, 0.1) is 5.41 Å².